The number of hydrogen-bond acceptors (Lipinski definition) is 4. The molecule has 0 radical (unpaired) electrons. The summed E-state index contributed by atoms with van der Waals surface area (Å²) in [5.74, 6) is -1.14. The molecule has 0 spiro atoms. The predicted molar refractivity (Wildman–Crippen MR) is 88.0 cm³/mol. The van der Waals surface area contributed by atoms with Gasteiger partial charge in [-0.15, -0.1) is 0 Å². The van der Waals surface area contributed by atoms with Crippen molar-refractivity contribution in [2.24, 2.45) is 0 Å². The number of aromatic nitrogens is 1. The molecule has 2 rings (SSSR count). The highest BCUT2D eigenvalue weighted by Gasteiger charge is 2.14. The third-order valence-electron chi connectivity index (χ3n) is 3.38. The van der Waals surface area contributed by atoms with Crippen LogP contribution in [-0.2, 0) is 29.1 Å². The van der Waals surface area contributed by atoms with E-state index in [2.05, 4.69) is 5.32 Å². The molecule has 0 fully saturated rings. The molecule has 7 heteroatoms. The van der Waals surface area contributed by atoms with Gasteiger partial charge in [0, 0.05) is 6.20 Å². The molecule has 0 saturated carbocycles. The van der Waals surface area contributed by atoms with Crippen molar-refractivity contribution in [2.75, 3.05) is 5.32 Å². The van der Waals surface area contributed by atoms with Gasteiger partial charge in [0.1, 0.15) is 18.8 Å². The fourth-order valence-electron chi connectivity index (χ4n) is 2.17. The summed E-state index contributed by atoms with van der Waals surface area (Å²) < 4.78 is 6.12. The highest BCUT2D eigenvalue weighted by atomic mass is 16.5. The Bertz CT molecular complexity index is 783. The lowest BCUT2D eigenvalue weighted by molar-refractivity contribution is -0.137. The maximum Gasteiger partial charge on any atom is 0.412 e. The Morgan fingerprint density at radius 3 is 2.54 bits per heavy atom. The summed E-state index contributed by atoms with van der Waals surface area (Å²) in [4.78, 5) is 35.1. The first kappa shape index (κ1) is 17.3. The van der Waals surface area contributed by atoms with Crippen molar-refractivity contribution in [1.82, 2.24) is 4.57 Å². The van der Waals surface area contributed by atoms with Gasteiger partial charge in [-0.2, -0.15) is 0 Å². The minimum absolute atomic E-state index is 0.0410. The number of anilines is 1. The third kappa shape index (κ3) is 4.45. The summed E-state index contributed by atoms with van der Waals surface area (Å²) in [5, 5.41) is 11.3. The van der Waals surface area contributed by atoms with Crippen LogP contribution in [-0.4, -0.2) is 21.7 Å². The number of aryl methyl sites for hydroxylation is 1. The number of carboxylic acids is 1. The summed E-state index contributed by atoms with van der Waals surface area (Å²) in [6.07, 6.45) is 1.14. The second-order valence-electron chi connectivity index (χ2n) is 5.08. The van der Waals surface area contributed by atoms with Crippen LogP contribution in [0, 0.1) is 0 Å². The molecule has 2 aromatic rings. The minimum atomic E-state index is -1.14. The molecule has 0 aliphatic carbocycles. The molecule has 24 heavy (non-hydrogen) atoms. The Kier molecular flexibility index (Phi) is 5.73. The quantitative estimate of drug-likeness (QED) is 0.846. The standard InChI is InChI=1S/C17H18N2O5/c1-2-13-8-9-19(10-14(20)21)16(22)15(13)18-17(23)24-11-12-6-4-3-5-7-12/h3-9H,2,10-11H2,1H3,(H,18,23)(H,20,21). The van der Waals surface area contributed by atoms with Crippen molar-refractivity contribution in [1.29, 1.82) is 0 Å². The summed E-state index contributed by atoms with van der Waals surface area (Å²) >= 11 is 0. The maximum absolute atomic E-state index is 12.3. The fourth-order valence-corrected chi connectivity index (χ4v) is 2.17. The highest BCUT2D eigenvalue weighted by Crippen LogP contribution is 2.12. The Hall–Kier alpha value is -3.09. The van der Waals surface area contributed by atoms with Crippen LogP contribution in [0.5, 0.6) is 0 Å². The first-order valence-electron chi connectivity index (χ1n) is 7.43. The maximum atomic E-state index is 12.3. The number of pyridine rings is 1. The summed E-state index contributed by atoms with van der Waals surface area (Å²) in [6, 6.07) is 10.7. The van der Waals surface area contributed by atoms with Crippen molar-refractivity contribution in [3.63, 3.8) is 0 Å². The van der Waals surface area contributed by atoms with Crippen LogP contribution >= 0.6 is 0 Å². The van der Waals surface area contributed by atoms with Crippen LogP contribution in [0.15, 0.2) is 47.4 Å². The molecule has 0 saturated heterocycles. The van der Waals surface area contributed by atoms with Crippen molar-refractivity contribution in [3.05, 3.63) is 64.1 Å². The van der Waals surface area contributed by atoms with Crippen molar-refractivity contribution in [3.8, 4) is 0 Å². The molecule has 0 aliphatic rings. The Labute approximate surface area is 138 Å². The number of carbonyl (C=O) groups is 2. The van der Waals surface area contributed by atoms with E-state index in [0.29, 0.717) is 12.0 Å². The van der Waals surface area contributed by atoms with Gasteiger partial charge in [-0.1, -0.05) is 37.3 Å². The lowest BCUT2D eigenvalue weighted by Crippen LogP contribution is -2.29. The first-order valence-corrected chi connectivity index (χ1v) is 7.43. The number of hydrogen-bond donors (Lipinski definition) is 2. The zero-order valence-electron chi connectivity index (χ0n) is 13.2. The van der Waals surface area contributed by atoms with Crippen LogP contribution in [0.2, 0.25) is 0 Å². The second kappa shape index (κ2) is 7.96. The van der Waals surface area contributed by atoms with E-state index >= 15 is 0 Å². The van der Waals surface area contributed by atoms with Gasteiger partial charge < -0.3 is 14.4 Å². The lowest BCUT2D eigenvalue weighted by Gasteiger charge is -2.12. The summed E-state index contributed by atoms with van der Waals surface area (Å²) in [6.45, 7) is 1.43. The number of rotatable bonds is 6. The Morgan fingerprint density at radius 1 is 1.21 bits per heavy atom. The Morgan fingerprint density at radius 2 is 1.92 bits per heavy atom. The molecule has 7 nitrogen and oxygen atoms in total. The first-order chi connectivity index (χ1) is 11.5. The van der Waals surface area contributed by atoms with Crippen molar-refractivity contribution >= 4 is 17.7 Å². The van der Waals surface area contributed by atoms with Crippen LogP contribution in [0.4, 0.5) is 10.5 Å². The van der Waals surface area contributed by atoms with Gasteiger partial charge in [0.2, 0.25) is 0 Å². The number of carbonyl (C=O) groups excluding carboxylic acids is 1. The highest BCUT2D eigenvalue weighted by molar-refractivity contribution is 5.85. The smallest absolute Gasteiger partial charge is 0.412 e. The zero-order chi connectivity index (χ0) is 17.5. The van der Waals surface area contributed by atoms with Gasteiger partial charge in [0.05, 0.1) is 0 Å². The topological polar surface area (TPSA) is 97.6 Å². The second-order valence-corrected chi connectivity index (χ2v) is 5.08. The molecule has 0 aliphatic heterocycles. The Balaban J connectivity index is 2.13. The van der Waals surface area contributed by atoms with Crippen LogP contribution in [0.25, 0.3) is 0 Å². The number of benzene rings is 1. The van der Waals surface area contributed by atoms with Gasteiger partial charge in [-0.3, -0.25) is 14.9 Å². The van der Waals surface area contributed by atoms with Crippen LogP contribution < -0.4 is 10.9 Å². The molecule has 1 aromatic carbocycles. The van der Waals surface area contributed by atoms with E-state index < -0.39 is 24.2 Å². The molecule has 126 valence electrons. The molecule has 1 aromatic heterocycles. The van der Waals surface area contributed by atoms with E-state index in [9.17, 15) is 14.4 Å². The van der Waals surface area contributed by atoms with Gasteiger partial charge in [-0.05, 0) is 23.6 Å². The van der Waals surface area contributed by atoms with E-state index in [1.54, 1.807) is 6.07 Å². The molecular formula is C17H18N2O5. The molecule has 2 N–H and O–H groups in total. The molecule has 1 heterocycles. The number of nitrogens with one attached hydrogen (secondary N) is 1. The number of aliphatic carboxylic acids is 1. The van der Waals surface area contributed by atoms with E-state index in [1.807, 2.05) is 37.3 Å². The lowest BCUT2D eigenvalue weighted by atomic mass is 10.1. The fraction of sp³-hybridized carbons (Fsp3) is 0.235. The molecule has 0 unspecified atom stereocenters. The van der Waals surface area contributed by atoms with Gasteiger partial charge in [0.25, 0.3) is 5.56 Å². The SMILES string of the molecule is CCc1ccn(CC(=O)O)c(=O)c1NC(=O)OCc1ccccc1. The summed E-state index contributed by atoms with van der Waals surface area (Å²) in [7, 11) is 0. The number of amides is 1. The van der Waals surface area contributed by atoms with E-state index in [4.69, 9.17) is 9.84 Å². The third-order valence-corrected chi connectivity index (χ3v) is 3.38. The summed E-state index contributed by atoms with van der Waals surface area (Å²) in [5.41, 5.74) is 0.894. The number of carboxylic acid groups (broad SMARTS) is 1. The average molecular weight is 330 g/mol. The van der Waals surface area contributed by atoms with Gasteiger partial charge in [-0.25, -0.2) is 4.79 Å². The monoisotopic (exact) mass is 330 g/mol. The molecule has 1 amide bonds. The molecule has 0 bridgehead atoms. The average Bonchev–Trinajstić information content (AvgIpc) is 2.57. The largest absolute Gasteiger partial charge is 0.480 e. The van der Waals surface area contributed by atoms with Crippen molar-refractivity contribution in [2.45, 2.75) is 26.5 Å². The minimum Gasteiger partial charge on any atom is -0.480 e. The normalized spacial score (nSPS) is 10.2. The van der Waals surface area contributed by atoms with Crippen LogP contribution in [0.1, 0.15) is 18.1 Å². The number of ether oxygens (including phenoxy) is 1. The number of nitrogens with zero attached hydrogens (tertiary/aromatic N) is 1. The predicted octanol–water partition coefficient (Wildman–Crippen LogP) is 2.24. The molecule has 0 atom stereocenters. The van der Waals surface area contributed by atoms with Gasteiger partial charge >= 0.3 is 12.1 Å². The zero-order valence-corrected chi connectivity index (χ0v) is 13.2. The molecular weight excluding hydrogens is 312 g/mol. The van der Waals surface area contributed by atoms with E-state index in [-0.39, 0.29) is 12.3 Å². The van der Waals surface area contributed by atoms with E-state index in [1.165, 1.54) is 6.20 Å². The van der Waals surface area contributed by atoms with Gasteiger partial charge in [0.15, 0.2) is 0 Å². The van der Waals surface area contributed by atoms with Crippen LogP contribution in [0.3, 0.4) is 0 Å². The van der Waals surface area contributed by atoms with E-state index in [0.717, 1.165) is 10.1 Å². The van der Waals surface area contributed by atoms with Crippen molar-refractivity contribution < 1.29 is 19.4 Å².